The number of rotatable bonds is 6. The largest absolute Gasteiger partial charge is 0.491 e. The standard InChI is InChI=1S/C20H31FN4O/c1-3-26-19-7-6-16(12-18(19)21)13-23-20(22-2)25-11-8-17(15-25)14-24-9-4-5-10-24/h6-7,12,17H,3-5,8-11,13-15H2,1-2H3,(H,22,23). The van der Waals surface area contributed by atoms with E-state index in [1.54, 1.807) is 6.07 Å². The van der Waals surface area contributed by atoms with E-state index in [-0.39, 0.29) is 5.82 Å². The van der Waals surface area contributed by atoms with E-state index in [9.17, 15) is 4.39 Å². The second-order valence-corrected chi connectivity index (χ2v) is 7.21. The Hall–Kier alpha value is -1.82. The molecule has 0 spiro atoms. The van der Waals surface area contributed by atoms with Crippen LogP contribution in [0.15, 0.2) is 23.2 Å². The molecule has 0 aliphatic carbocycles. The molecule has 6 heteroatoms. The zero-order chi connectivity index (χ0) is 18.4. The second kappa shape index (κ2) is 9.21. The molecule has 2 heterocycles. The van der Waals surface area contributed by atoms with Gasteiger partial charge < -0.3 is 19.9 Å². The van der Waals surface area contributed by atoms with E-state index < -0.39 is 0 Å². The first-order valence-corrected chi connectivity index (χ1v) is 9.78. The van der Waals surface area contributed by atoms with E-state index >= 15 is 0 Å². The van der Waals surface area contributed by atoms with Gasteiger partial charge in [-0.1, -0.05) is 6.07 Å². The quantitative estimate of drug-likeness (QED) is 0.624. The van der Waals surface area contributed by atoms with Gasteiger partial charge in [0.25, 0.3) is 0 Å². The fourth-order valence-electron chi connectivity index (χ4n) is 3.94. The lowest BCUT2D eigenvalue weighted by molar-refractivity contribution is 0.281. The van der Waals surface area contributed by atoms with Crippen LogP contribution in [0.4, 0.5) is 4.39 Å². The molecule has 1 N–H and O–H groups in total. The van der Waals surface area contributed by atoms with Crippen LogP contribution in [0.25, 0.3) is 0 Å². The first kappa shape index (κ1) is 19.0. The van der Waals surface area contributed by atoms with E-state index in [1.807, 2.05) is 20.0 Å². The summed E-state index contributed by atoms with van der Waals surface area (Å²) < 4.78 is 19.2. The molecular weight excluding hydrogens is 331 g/mol. The number of nitrogens with zero attached hydrogens (tertiary/aromatic N) is 3. The van der Waals surface area contributed by atoms with Gasteiger partial charge in [0, 0.05) is 33.2 Å². The third-order valence-electron chi connectivity index (χ3n) is 5.26. The van der Waals surface area contributed by atoms with E-state index in [0.29, 0.717) is 18.9 Å². The molecule has 1 atom stereocenters. The van der Waals surface area contributed by atoms with Crippen LogP contribution in [0.1, 0.15) is 31.7 Å². The first-order chi connectivity index (χ1) is 12.7. The Morgan fingerprint density at radius 3 is 2.81 bits per heavy atom. The van der Waals surface area contributed by atoms with E-state index in [0.717, 1.165) is 30.5 Å². The summed E-state index contributed by atoms with van der Waals surface area (Å²) in [5, 5.41) is 3.38. The number of hydrogen-bond acceptors (Lipinski definition) is 3. The number of ether oxygens (including phenoxy) is 1. The first-order valence-electron chi connectivity index (χ1n) is 9.78. The third-order valence-corrected chi connectivity index (χ3v) is 5.26. The minimum Gasteiger partial charge on any atom is -0.491 e. The average Bonchev–Trinajstić information content (AvgIpc) is 3.31. The molecule has 0 bridgehead atoms. The summed E-state index contributed by atoms with van der Waals surface area (Å²) in [6.07, 6.45) is 3.91. The smallest absolute Gasteiger partial charge is 0.193 e. The van der Waals surface area contributed by atoms with Crippen LogP contribution in [-0.4, -0.2) is 62.1 Å². The Kier molecular flexibility index (Phi) is 6.72. The van der Waals surface area contributed by atoms with E-state index in [1.165, 1.54) is 45.0 Å². The normalized spacial score (nSPS) is 21.4. The van der Waals surface area contributed by atoms with Crippen molar-refractivity contribution in [2.45, 2.75) is 32.7 Å². The Morgan fingerprint density at radius 1 is 1.31 bits per heavy atom. The molecule has 144 valence electrons. The van der Waals surface area contributed by atoms with Crippen molar-refractivity contribution in [3.8, 4) is 5.75 Å². The molecule has 0 saturated carbocycles. The maximum Gasteiger partial charge on any atom is 0.193 e. The predicted octanol–water partition coefficient (Wildman–Crippen LogP) is 2.72. The van der Waals surface area contributed by atoms with Crippen molar-refractivity contribution in [1.82, 2.24) is 15.1 Å². The molecule has 2 aliphatic heterocycles. The zero-order valence-electron chi connectivity index (χ0n) is 16.0. The highest BCUT2D eigenvalue weighted by atomic mass is 19.1. The highest BCUT2D eigenvalue weighted by Crippen LogP contribution is 2.21. The fraction of sp³-hybridized carbons (Fsp3) is 0.650. The van der Waals surface area contributed by atoms with Crippen molar-refractivity contribution in [2.75, 3.05) is 46.4 Å². The summed E-state index contributed by atoms with van der Waals surface area (Å²) in [7, 11) is 1.81. The number of halogens is 1. The van der Waals surface area contributed by atoms with Gasteiger partial charge in [-0.2, -0.15) is 0 Å². The van der Waals surface area contributed by atoms with Gasteiger partial charge in [-0.15, -0.1) is 0 Å². The van der Waals surface area contributed by atoms with Crippen LogP contribution in [0.5, 0.6) is 5.75 Å². The van der Waals surface area contributed by atoms with Gasteiger partial charge in [-0.25, -0.2) is 4.39 Å². The van der Waals surface area contributed by atoms with Gasteiger partial charge in [0.15, 0.2) is 17.5 Å². The molecule has 1 aromatic rings. The molecular formula is C20H31FN4O. The number of aliphatic imine (C=N–C) groups is 1. The Balaban J connectivity index is 1.49. The van der Waals surface area contributed by atoms with Crippen molar-refractivity contribution >= 4 is 5.96 Å². The highest BCUT2D eigenvalue weighted by molar-refractivity contribution is 5.80. The molecule has 1 aromatic carbocycles. The molecule has 2 fully saturated rings. The van der Waals surface area contributed by atoms with Crippen LogP contribution in [0.3, 0.4) is 0 Å². The molecule has 1 unspecified atom stereocenters. The van der Waals surface area contributed by atoms with Crippen molar-refractivity contribution in [1.29, 1.82) is 0 Å². The maximum absolute atomic E-state index is 14.0. The average molecular weight is 362 g/mol. The summed E-state index contributed by atoms with van der Waals surface area (Å²) in [4.78, 5) is 9.34. The Bertz CT molecular complexity index is 616. The molecule has 5 nitrogen and oxygen atoms in total. The summed E-state index contributed by atoms with van der Waals surface area (Å²) >= 11 is 0. The Labute approximate surface area is 156 Å². The van der Waals surface area contributed by atoms with Crippen LogP contribution in [-0.2, 0) is 6.54 Å². The van der Waals surface area contributed by atoms with Crippen molar-refractivity contribution < 1.29 is 9.13 Å². The van der Waals surface area contributed by atoms with Crippen molar-refractivity contribution in [2.24, 2.45) is 10.9 Å². The molecule has 2 aliphatic rings. The van der Waals surface area contributed by atoms with Gasteiger partial charge in [-0.05, 0) is 62.9 Å². The minimum atomic E-state index is -0.312. The van der Waals surface area contributed by atoms with Gasteiger partial charge in [0.2, 0.25) is 0 Å². The van der Waals surface area contributed by atoms with Gasteiger partial charge in [0.05, 0.1) is 6.61 Å². The van der Waals surface area contributed by atoms with Crippen LogP contribution < -0.4 is 10.1 Å². The minimum absolute atomic E-state index is 0.310. The van der Waals surface area contributed by atoms with Gasteiger partial charge in [-0.3, -0.25) is 4.99 Å². The number of likely N-dealkylation sites (tertiary alicyclic amines) is 2. The molecule has 0 amide bonds. The fourth-order valence-corrected chi connectivity index (χ4v) is 3.94. The Morgan fingerprint density at radius 2 is 2.12 bits per heavy atom. The lowest BCUT2D eigenvalue weighted by Crippen LogP contribution is -2.40. The number of benzene rings is 1. The second-order valence-electron chi connectivity index (χ2n) is 7.21. The lowest BCUT2D eigenvalue weighted by Gasteiger charge is -2.23. The summed E-state index contributed by atoms with van der Waals surface area (Å²) in [6, 6.07) is 5.13. The van der Waals surface area contributed by atoms with Crippen LogP contribution >= 0.6 is 0 Å². The molecule has 3 rings (SSSR count). The third kappa shape index (κ3) is 4.87. The monoisotopic (exact) mass is 362 g/mol. The summed E-state index contributed by atoms with van der Waals surface area (Å²) in [6.45, 7) is 8.69. The maximum atomic E-state index is 14.0. The van der Waals surface area contributed by atoms with E-state index in [4.69, 9.17) is 4.74 Å². The molecule has 26 heavy (non-hydrogen) atoms. The predicted molar refractivity (Wildman–Crippen MR) is 103 cm³/mol. The summed E-state index contributed by atoms with van der Waals surface area (Å²) in [5.74, 6) is 1.62. The van der Waals surface area contributed by atoms with Crippen LogP contribution in [0.2, 0.25) is 0 Å². The highest BCUT2D eigenvalue weighted by Gasteiger charge is 2.27. The van der Waals surface area contributed by atoms with Crippen molar-refractivity contribution in [3.05, 3.63) is 29.6 Å². The molecule has 0 aromatic heterocycles. The van der Waals surface area contributed by atoms with Crippen molar-refractivity contribution in [3.63, 3.8) is 0 Å². The van der Waals surface area contributed by atoms with Crippen LogP contribution in [0, 0.1) is 11.7 Å². The zero-order valence-corrected chi connectivity index (χ0v) is 16.0. The number of nitrogens with one attached hydrogen (secondary N) is 1. The van der Waals surface area contributed by atoms with Gasteiger partial charge >= 0.3 is 0 Å². The number of hydrogen-bond donors (Lipinski definition) is 1. The topological polar surface area (TPSA) is 40.1 Å². The number of guanidine groups is 1. The summed E-state index contributed by atoms with van der Waals surface area (Å²) in [5.41, 5.74) is 0.889. The lowest BCUT2D eigenvalue weighted by atomic mass is 10.1. The van der Waals surface area contributed by atoms with Gasteiger partial charge in [0.1, 0.15) is 0 Å². The SMILES string of the molecule is CCOc1ccc(CNC(=NC)N2CCC(CN3CCCC3)C2)cc1F. The molecule has 0 radical (unpaired) electrons. The molecule has 2 saturated heterocycles. The van der Waals surface area contributed by atoms with E-state index in [2.05, 4.69) is 20.1 Å².